The van der Waals surface area contributed by atoms with E-state index >= 15 is 0 Å². The SMILES string of the molecule is CN=C(NCc1sc(C)nc1C)NCC(c1ccc(Cl)cc1)N1CCOCC1. The molecule has 6 nitrogen and oxygen atoms in total. The number of aromatic nitrogens is 1. The molecule has 152 valence electrons. The van der Waals surface area contributed by atoms with Gasteiger partial charge in [0.1, 0.15) is 0 Å². The van der Waals surface area contributed by atoms with Crippen LogP contribution in [0.3, 0.4) is 0 Å². The van der Waals surface area contributed by atoms with Crippen LogP contribution in [-0.2, 0) is 11.3 Å². The van der Waals surface area contributed by atoms with Crippen LogP contribution in [0.4, 0.5) is 0 Å². The van der Waals surface area contributed by atoms with Crippen LogP contribution in [0.5, 0.6) is 0 Å². The number of hydrogen-bond donors (Lipinski definition) is 2. The number of morpholine rings is 1. The number of rotatable bonds is 6. The molecule has 1 aromatic heterocycles. The van der Waals surface area contributed by atoms with E-state index in [0.29, 0.717) is 0 Å². The average Bonchev–Trinajstić information content (AvgIpc) is 3.03. The molecule has 0 amide bonds. The zero-order valence-electron chi connectivity index (χ0n) is 16.7. The normalized spacial score (nSPS) is 16.8. The molecule has 1 aliphatic heterocycles. The fraction of sp³-hybridized carbons (Fsp3) is 0.500. The number of nitrogens with one attached hydrogen (secondary N) is 2. The lowest BCUT2D eigenvalue weighted by Crippen LogP contribution is -2.46. The third kappa shape index (κ3) is 5.67. The van der Waals surface area contributed by atoms with Crippen molar-refractivity contribution in [2.45, 2.75) is 26.4 Å². The second-order valence-corrected chi connectivity index (χ2v) is 8.49. The van der Waals surface area contributed by atoms with Gasteiger partial charge in [0.2, 0.25) is 0 Å². The van der Waals surface area contributed by atoms with Gasteiger partial charge in [-0.2, -0.15) is 0 Å². The number of guanidine groups is 1. The Morgan fingerprint density at radius 3 is 2.57 bits per heavy atom. The fourth-order valence-electron chi connectivity index (χ4n) is 3.35. The van der Waals surface area contributed by atoms with E-state index in [1.807, 2.05) is 26.0 Å². The van der Waals surface area contributed by atoms with Crippen LogP contribution >= 0.6 is 22.9 Å². The number of hydrogen-bond acceptors (Lipinski definition) is 5. The molecular weight excluding hydrogens is 394 g/mol. The van der Waals surface area contributed by atoms with Crippen molar-refractivity contribution in [1.29, 1.82) is 0 Å². The van der Waals surface area contributed by atoms with Gasteiger partial charge in [-0.25, -0.2) is 4.98 Å². The number of nitrogens with zero attached hydrogens (tertiary/aromatic N) is 3. The maximum Gasteiger partial charge on any atom is 0.191 e. The maximum absolute atomic E-state index is 6.08. The first-order valence-electron chi connectivity index (χ1n) is 9.51. The summed E-state index contributed by atoms with van der Waals surface area (Å²) in [6.07, 6.45) is 0. The number of ether oxygens (including phenoxy) is 1. The van der Waals surface area contributed by atoms with Crippen molar-refractivity contribution in [2.75, 3.05) is 39.9 Å². The molecule has 1 atom stereocenters. The van der Waals surface area contributed by atoms with Gasteiger partial charge in [0, 0.05) is 36.6 Å². The zero-order valence-corrected chi connectivity index (χ0v) is 18.2. The van der Waals surface area contributed by atoms with Crippen molar-refractivity contribution in [3.63, 3.8) is 0 Å². The molecule has 1 saturated heterocycles. The van der Waals surface area contributed by atoms with E-state index in [-0.39, 0.29) is 6.04 Å². The van der Waals surface area contributed by atoms with Crippen LogP contribution in [0.1, 0.15) is 27.2 Å². The van der Waals surface area contributed by atoms with Gasteiger partial charge < -0.3 is 15.4 Å². The number of halogens is 1. The fourth-order valence-corrected chi connectivity index (χ4v) is 4.35. The molecule has 1 aromatic carbocycles. The predicted molar refractivity (Wildman–Crippen MR) is 116 cm³/mol. The molecule has 1 aliphatic rings. The van der Waals surface area contributed by atoms with E-state index < -0.39 is 0 Å². The number of thiazole rings is 1. The summed E-state index contributed by atoms with van der Waals surface area (Å²) in [4.78, 5) is 12.6. The lowest BCUT2D eigenvalue weighted by molar-refractivity contribution is 0.0170. The van der Waals surface area contributed by atoms with E-state index in [2.05, 4.69) is 37.6 Å². The Kier molecular flexibility index (Phi) is 7.67. The van der Waals surface area contributed by atoms with E-state index in [1.54, 1.807) is 18.4 Å². The molecule has 1 unspecified atom stereocenters. The summed E-state index contributed by atoms with van der Waals surface area (Å²) >= 11 is 7.80. The molecule has 2 N–H and O–H groups in total. The summed E-state index contributed by atoms with van der Waals surface area (Å²) < 4.78 is 5.53. The van der Waals surface area contributed by atoms with Gasteiger partial charge in [0.25, 0.3) is 0 Å². The molecule has 28 heavy (non-hydrogen) atoms. The third-order valence-corrected chi connectivity index (χ3v) is 6.17. The highest BCUT2D eigenvalue weighted by molar-refractivity contribution is 7.11. The first kappa shape index (κ1) is 21.0. The van der Waals surface area contributed by atoms with E-state index in [0.717, 1.165) is 61.1 Å². The summed E-state index contributed by atoms with van der Waals surface area (Å²) in [5.74, 6) is 0.790. The monoisotopic (exact) mass is 421 g/mol. The molecule has 2 aromatic rings. The molecular formula is C20H28ClN5OS. The Bertz CT molecular complexity index is 786. The topological polar surface area (TPSA) is 61.8 Å². The molecule has 2 heterocycles. The van der Waals surface area contributed by atoms with Crippen molar-refractivity contribution >= 4 is 28.9 Å². The minimum Gasteiger partial charge on any atom is -0.379 e. The Morgan fingerprint density at radius 2 is 1.96 bits per heavy atom. The van der Waals surface area contributed by atoms with Crippen molar-refractivity contribution < 1.29 is 4.74 Å². The van der Waals surface area contributed by atoms with E-state index in [9.17, 15) is 0 Å². The smallest absolute Gasteiger partial charge is 0.191 e. The van der Waals surface area contributed by atoms with Gasteiger partial charge in [-0.1, -0.05) is 23.7 Å². The van der Waals surface area contributed by atoms with Gasteiger partial charge in [-0.05, 0) is 31.5 Å². The Morgan fingerprint density at radius 1 is 1.25 bits per heavy atom. The predicted octanol–water partition coefficient (Wildman–Crippen LogP) is 3.15. The third-order valence-electron chi connectivity index (χ3n) is 4.84. The second-order valence-electron chi connectivity index (χ2n) is 6.76. The molecule has 8 heteroatoms. The number of benzene rings is 1. The summed E-state index contributed by atoms with van der Waals surface area (Å²) in [5, 5.41) is 8.73. The summed E-state index contributed by atoms with van der Waals surface area (Å²) in [7, 11) is 1.80. The molecule has 0 aliphatic carbocycles. The van der Waals surface area contributed by atoms with Gasteiger partial charge >= 0.3 is 0 Å². The van der Waals surface area contributed by atoms with Crippen molar-refractivity contribution in [1.82, 2.24) is 20.5 Å². The molecule has 0 bridgehead atoms. The Hall–Kier alpha value is -1.67. The molecule has 0 radical (unpaired) electrons. The molecule has 3 rings (SSSR count). The van der Waals surface area contributed by atoms with Crippen molar-refractivity contribution in [2.24, 2.45) is 4.99 Å². The Balaban J connectivity index is 1.63. The summed E-state index contributed by atoms with van der Waals surface area (Å²) in [5.41, 5.74) is 2.32. The lowest BCUT2D eigenvalue weighted by atomic mass is 10.0. The van der Waals surface area contributed by atoms with Crippen LogP contribution in [-0.4, -0.2) is 55.7 Å². The highest BCUT2D eigenvalue weighted by atomic mass is 35.5. The Labute approximate surface area is 176 Å². The van der Waals surface area contributed by atoms with Crippen molar-refractivity contribution in [3.8, 4) is 0 Å². The minimum absolute atomic E-state index is 0.229. The van der Waals surface area contributed by atoms with Gasteiger partial charge in [0.05, 0.1) is 36.5 Å². The summed E-state index contributed by atoms with van der Waals surface area (Å²) in [6.45, 7) is 8.92. The second kappa shape index (κ2) is 10.2. The van der Waals surface area contributed by atoms with Gasteiger partial charge in [-0.15, -0.1) is 11.3 Å². The van der Waals surface area contributed by atoms with Crippen LogP contribution in [0.25, 0.3) is 0 Å². The van der Waals surface area contributed by atoms with Gasteiger partial charge in [-0.3, -0.25) is 9.89 Å². The molecule has 0 saturated carbocycles. The standard InChI is InChI=1S/C20H28ClN5OS/c1-14-19(28-15(2)25-14)13-24-20(22-3)23-12-18(26-8-10-27-11-9-26)16-4-6-17(21)7-5-16/h4-7,18H,8-13H2,1-3H3,(H2,22,23,24). The van der Waals surface area contributed by atoms with Crippen LogP contribution < -0.4 is 10.6 Å². The number of aliphatic imine (C=N–C) groups is 1. The largest absolute Gasteiger partial charge is 0.379 e. The number of aryl methyl sites for hydroxylation is 2. The van der Waals surface area contributed by atoms with Crippen LogP contribution in [0.15, 0.2) is 29.3 Å². The average molecular weight is 422 g/mol. The zero-order chi connectivity index (χ0) is 19.9. The van der Waals surface area contributed by atoms with E-state index in [1.165, 1.54) is 10.4 Å². The first-order valence-corrected chi connectivity index (χ1v) is 10.7. The lowest BCUT2D eigenvalue weighted by Gasteiger charge is -2.35. The summed E-state index contributed by atoms with van der Waals surface area (Å²) in [6, 6.07) is 8.33. The van der Waals surface area contributed by atoms with Crippen molar-refractivity contribution in [3.05, 3.63) is 50.4 Å². The first-order chi connectivity index (χ1) is 13.6. The highest BCUT2D eigenvalue weighted by Gasteiger charge is 2.23. The highest BCUT2D eigenvalue weighted by Crippen LogP contribution is 2.23. The van der Waals surface area contributed by atoms with Crippen LogP contribution in [0, 0.1) is 13.8 Å². The maximum atomic E-state index is 6.08. The van der Waals surface area contributed by atoms with Gasteiger partial charge in [0.15, 0.2) is 5.96 Å². The minimum atomic E-state index is 0.229. The van der Waals surface area contributed by atoms with E-state index in [4.69, 9.17) is 16.3 Å². The molecule has 1 fully saturated rings. The van der Waals surface area contributed by atoms with Crippen LogP contribution in [0.2, 0.25) is 5.02 Å². The molecule has 0 spiro atoms. The quantitative estimate of drug-likeness (QED) is 0.554.